The Hall–Kier alpha value is -0.940. The molecule has 0 aliphatic heterocycles. The summed E-state index contributed by atoms with van der Waals surface area (Å²) in [4.78, 5) is 17.4. The molecule has 1 unspecified atom stereocenters. The Labute approximate surface area is 99.9 Å². The Morgan fingerprint density at radius 3 is 2.69 bits per heavy atom. The first-order valence-electron chi connectivity index (χ1n) is 5.25. The normalized spacial score (nSPS) is 15.1. The number of carboxylic acid groups (broad SMARTS) is 1. The van der Waals surface area contributed by atoms with Crippen LogP contribution in [0, 0.1) is 6.92 Å². The minimum absolute atomic E-state index is 0.570. The molecular weight excluding hydrogens is 224 g/mol. The molecule has 0 aliphatic rings. The zero-order valence-corrected chi connectivity index (χ0v) is 11.0. The molecule has 0 radical (unpaired) electrons. The average Bonchev–Trinajstić information content (AvgIpc) is 2.62. The van der Waals surface area contributed by atoms with Crippen LogP contribution in [0.3, 0.4) is 0 Å². The summed E-state index contributed by atoms with van der Waals surface area (Å²) in [5.74, 6) is -0.788. The zero-order valence-electron chi connectivity index (χ0n) is 10.1. The van der Waals surface area contributed by atoms with Crippen LogP contribution < -0.4 is 0 Å². The van der Waals surface area contributed by atoms with Crippen LogP contribution in [-0.2, 0) is 11.3 Å². The molecule has 0 aliphatic carbocycles. The molecule has 0 fully saturated rings. The quantitative estimate of drug-likeness (QED) is 0.859. The zero-order chi connectivity index (χ0) is 12.3. The van der Waals surface area contributed by atoms with Gasteiger partial charge in [-0.05, 0) is 27.3 Å². The summed E-state index contributed by atoms with van der Waals surface area (Å²) in [7, 11) is 1.83. The first kappa shape index (κ1) is 13.1. The molecule has 4 nitrogen and oxygen atoms in total. The van der Waals surface area contributed by atoms with Crippen molar-refractivity contribution in [1.29, 1.82) is 0 Å². The molecule has 0 spiro atoms. The largest absolute Gasteiger partial charge is 0.480 e. The number of carbonyl (C=O) groups is 1. The molecule has 0 bridgehead atoms. The number of carboxylic acids is 1. The summed E-state index contributed by atoms with van der Waals surface area (Å²) in [6, 6.07) is 0. The van der Waals surface area contributed by atoms with E-state index in [0.717, 1.165) is 10.7 Å². The van der Waals surface area contributed by atoms with E-state index in [1.54, 1.807) is 18.3 Å². The number of rotatable bonds is 5. The highest BCUT2D eigenvalue weighted by molar-refractivity contribution is 7.09. The maximum absolute atomic E-state index is 11.2. The molecule has 0 saturated heterocycles. The Morgan fingerprint density at radius 1 is 1.69 bits per heavy atom. The summed E-state index contributed by atoms with van der Waals surface area (Å²) in [6.45, 7) is 6.15. The molecule has 0 saturated carbocycles. The van der Waals surface area contributed by atoms with Crippen LogP contribution in [0.2, 0.25) is 0 Å². The highest BCUT2D eigenvalue weighted by Crippen LogP contribution is 2.21. The van der Waals surface area contributed by atoms with Crippen LogP contribution in [0.4, 0.5) is 0 Å². The molecule has 16 heavy (non-hydrogen) atoms. The van der Waals surface area contributed by atoms with Gasteiger partial charge in [0.1, 0.15) is 5.54 Å². The number of aromatic nitrogens is 1. The lowest BCUT2D eigenvalue weighted by Crippen LogP contribution is -2.49. The topological polar surface area (TPSA) is 53.4 Å². The second-order valence-corrected chi connectivity index (χ2v) is 5.21. The van der Waals surface area contributed by atoms with Crippen LogP contribution in [0.5, 0.6) is 0 Å². The van der Waals surface area contributed by atoms with Gasteiger partial charge in [0, 0.05) is 11.9 Å². The molecule has 1 atom stereocenters. The smallest absolute Gasteiger partial charge is 0.323 e. The standard InChI is InChI=1S/C11H18N2O2S/c1-5-11(3,10(14)15)13(4)6-9-7-16-8(2)12-9/h7H,5-6H2,1-4H3,(H,14,15). The van der Waals surface area contributed by atoms with E-state index in [1.165, 1.54) is 0 Å². The van der Waals surface area contributed by atoms with E-state index in [-0.39, 0.29) is 0 Å². The number of hydrogen-bond donors (Lipinski definition) is 1. The first-order valence-corrected chi connectivity index (χ1v) is 6.13. The van der Waals surface area contributed by atoms with E-state index >= 15 is 0 Å². The summed E-state index contributed by atoms with van der Waals surface area (Å²) >= 11 is 1.59. The van der Waals surface area contributed by atoms with Crippen molar-refractivity contribution in [1.82, 2.24) is 9.88 Å². The lowest BCUT2D eigenvalue weighted by atomic mass is 9.97. The van der Waals surface area contributed by atoms with Gasteiger partial charge in [-0.1, -0.05) is 6.92 Å². The van der Waals surface area contributed by atoms with Crippen molar-refractivity contribution in [3.8, 4) is 0 Å². The minimum atomic E-state index is -0.822. The maximum atomic E-state index is 11.2. The number of hydrogen-bond acceptors (Lipinski definition) is 4. The Bertz CT molecular complexity index is 378. The molecule has 1 rings (SSSR count). The van der Waals surface area contributed by atoms with Crippen LogP contribution in [0.1, 0.15) is 31.0 Å². The van der Waals surface area contributed by atoms with Crippen molar-refractivity contribution in [2.24, 2.45) is 0 Å². The molecule has 1 N–H and O–H groups in total. The third kappa shape index (κ3) is 2.59. The Morgan fingerprint density at radius 2 is 2.31 bits per heavy atom. The molecule has 1 aromatic rings. The fraction of sp³-hybridized carbons (Fsp3) is 0.636. The molecule has 0 amide bonds. The van der Waals surface area contributed by atoms with Gasteiger partial charge in [0.15, 0.2) is 0 Å². The molecule has 1 heterocycles. The molecular formula is C11H18N2O2S. The highest BCUT2D eigenvalue weighted by atomic mass is 32.1. The number of thiazole rings is 1. The fourth-order valence-corrected chi connectivity index (χ4v) is 2.09. The van der Waals surface area contributed by atoms with E-state index in [4.69, 9.17) is 0 Å². The lowest BCUT2D eigenvalue weighted by Gasteiger charge is -2.33. The van der Waals surface area contributed by atoms with E-state index < -0.39 is 11.5 Å². The van der Waals surface area contributed by atoms with Gasteiger partial charge in [-0.3, -0.25) is 9.69 Å². The maximum Gasteiger partial charge on any atom is 0.323 e. The van der Waals surface area contributed by atoms with Gasteiger partial charge >= 0.3 is 5.97 Å². The third-order valence-electron chi connectivity index (χ3n) is 3.06. The molecule has 5 heteroatoms. The molecule has 1 aromatic heterocycles. The SMILES string of the molecule is CCC(C)(C(=O)O)N(C)Cc1csc(C)n1. The van der Waals surface area contributed by atoms with Crippen molar-refractivity contribution in [2.75, 3.05) is 7.05 Å². The number of likely N-dealkylation sites (N-methyl/N-ethyl adjacent to an activating group) is 1. The van der Waals surface area contributed by atoms with Crippen LogP contribution >= 0.6 is 11.3 Å². The van der Waals surface area contributed by atoms with Gasteiger partial charge in [-0.2, -0.15) is 0 Å². The number of aliphatic carboxylic acids is 1. The summed E-state index contributed by atoms with van der Waals surface area (Å²) in [6.07, 6.45) is 0.571. The van der Waals surface area contributed by atoms with Crippen molar-refractivity contribution in [3.05, 3.63) is 16.1 Å². The lowest BCUT2D eigenvalue weighted by molar-refractivity contribution is -0.150. The van der Waals surface area contributed by atoms with Gasteiger partial charge in [0.25, 0.3) is 0 Å². The molecule has 0 aromatic carbocycles. The highest BCUT2D eigenvalue weighted by Gasteiger charge is 2.35. The third-order valence-corrected chi connectivity index (χ3v) is 3.88. The Kier molecular flexibility index (Phi) is 4.04. The van der Waals surface area contributed by atoms with Gasteiger partial charge < -0.3 is 5.11 Å². The van der Waals surface area contributed by atoms with Crippen molar-refractivity contribution < 1.29 is 9.90 Å². The number of nitrogens with zero attached hydrogens (tertiary/aromatic N) is 2. The van der Waals surface area contributed by atoms with E-state index in [0.29, 0.717) is 13.0 Å². The fourth-order valence-electron chi connectivity index (χ4n) is 1.48. The Balaban J connectivity index is 2.77. The summed E-state index contributed by atoms with van der Waals surface area (Å²) in [5.41, 5.74) is 0.114. The van der Waals surface area contributed by atoms with E-state index in [9.17, 15) is 9.90 Å². The van der Waals surface area contributed by atoms with Gasteiger partial charge in [-0.25, -0.2) is 4.98 Å². The predicted octanol–water partition coefficient (Wildman–Crippen LogP) is 2.14. The van der Waals surface area contributed by atoms with Gasteiger partial charge in [0.2, 0.25) is 0 Å². The monoisotopic (exact) mass is 242 g/mol. The van der Waals surface area contributed by atoms with Crippen molar-refractivity contribution in [3.63, 3.8) is 0 Å². The predicted molar refractivity (Wildman–Crippen MR) is 64.6 cm³/mol. The summed E-state index contributed by atoms with van der Waals surface area (Å²) < 4.78 is 0. The minimum Gasteiger partial charge on any atom is -0.480 e. The average molecular weight is 242 g/mol. The summed E-state index contributed by atoms with van der Waals surface area (Å²) in [5, 5.41) is 12.2. The first-order chi connectivity index (χ1) is 7.40. The van der Waals surface area contributed by atoms with Gasteiger partial charge in [-0.15, -0.1) is 11.3 Å². The van der Waals surface area contributed by atoms with E-state index in [1.807, 2.05) is 31.2 Å². The van der Waals surface area contributed by atoms with Crippen LogP contribution in [0.15, 0.2) is 5.38 Å². The van der Waals surface area contributed by atoms with Crippen molar-refractivity contribution >= 4 is 17.3 Å². The van der Waals surface area contributed by atoms with Gasteiger partial charge in [0.05, 0.1) is 10.7 Å². The van der Waals surface area contributed by atoms with Crippen LogP contribution in [0.25, 0.3) is 0 Å². The second-order valence-electron chi connectivity index (χ2n) is 4.15. The molecule has 90 valence electrons. The van der Waals surface area contributed by atoms with Crippen molar-refractivity contribution in [2.45, 2.75) is 39.3 Å². The number of aryl methyl sites for hydroxylation is 1. The van der Waals surface area contributed by atoms with Crippen LogP contribution in [-0.4, -0.2) is 33.5 Å². The van der Waals surface area contributed by atoms with E-state index in [2.05, 4.69) is 4.98 Å². The second kappa shape index (κ2) is 4.93.